The quantitative estimate of drug-likeness (QED) is 0.742. The third-order valence-electron chi connectivity index (χ3n) is 2.79. The summed E-state index contributed by atoms with van der Waals surface area (Å²) in [6, 6.07) is 4.31. The molecule has 1 aromatic rings. The monoisotopic (exact) mass is 249 g/mol. The van der Waals surface area contributed by atoms with Crippen LogP contribution in [0.5, 0.6) is 0 Å². The van der Waals surface area contributed by atoms with Gasteiger partial charge in [0.2, 0.25) is 11.8 Å². The van der Waals surface area contributed by atoms with Crippen LogP contribution >= 0.6 is 0 Å². The van der Waals surface area contributed by atoms with E-state index in [9.17, 15) is 9.59 Å². The first kappa shape index (κ1) is 14.2. The Morgan fingerprint density at radius 3 is 2.33 bits per heavy atom. The molecule has 1 atom stereocenters. The predicted molar refractivity (Wildman–Crippen MR) is 71.1 cm³/mol. The fourth-order valence-corrected chi connectivity index (χ4v) is 1.48. The third kappa shape index (κ3) is 3.30. The van der Waals surface area contributed by atoms with Crippen LogP contribution in [0.2, 0.25) is 0 Å². The highest BCUT2D eigenvalue weighted by Crippen LogP contribution is 2.17. The maximum absolute atomic E-state index is 11.8. The lowest BCUT2D eigenvalue weighted by Crippen LogP contribution is -2.39. The Labute approximate surface area is 107 Å². The van der Waals surface area contributed by atoms with Gasteiger partial charge in [0.05, 0.1) is 6.04 Å². The summed E-state index contributed by atoms with van der Waals surface area (Å²) >= 11 is 0. The maximum Gasteiger partial charge on any atom is 0.248 e. The van der Waals surface area contributed by atoms with Gasteiger partial charge in [-0.3, -0.25) is 9.59 Å². The van der Waals surface area contributed by atoms with Crippen LogP contribution in [-0.2, 0) is 4.79 Å². The molecule has 18 heavy (non-hydrogen) atoms. The van der Waals surface area contributed by atoms with Crippen molar-refractivity contribution >= 4 is 17.5 Å². The largest absolute Gasteiger partial charge is 0.366 e. The zero-order chi connectivity index (χ0) is 13.9. The molecule has 0 heterocycles. The number of primary amides is 1. The molecular weight excluding hydrogens is 230 g/mol. The highest BCUT2D eigenvalue weighted by molar-refractivity contribution is 5.97. The van der Waals surface area contributed by atoms with Gasteiger partial charge in [-0.25, -0.2) is 0 Å². The molecule has 0 unspecified atom stereocenters. The van der Waals surface area contributed by atoms with Crippen molar-refractivity contribution < 1.29 is 9.59 Å². The number of benzene rings is 1. The Hall–Kier alpha value is -1.88. The molecule has 0 radical (unpaired) electrons. The van der Waals surface area contributed by atoms with E-state index in [0.29, 0.717) is 11.3 Å². The molecule has 0 aliphatic heterocycles. The van der Waals surface area contributed by atoms with Gasteiger partial charge in [-0.1, -0.05) is 13.8 Å². The molecule has 0 saturated heterocycles. The van der Waals surface area contributed by atoms with E-state index in [0.717, 1.165) is 5.56 Å². The minimum atomic E-state index is -0.555. The first-order chi connectivity index (χ1) is 8.32. The second-order valence-corrected chi connectivity index (χ2v) is 4.65. The maximum atomic E-state index is 11.8. The van der Waals surface area contributed by atoms with Gasteiger partial charge >= 0.3 is 0 Å². The lowest BCUT2D eigenvalue weighted by molar-refractivity contribution is -0.118. The summed E-state index contributed by atoms with van der Waals surface area (Å²) in [5.41, 5.74) is 12.8. The molecule has 0 aliphatic rings. The van der Waals surface area contributed by atoms with Gasteiger partial charge in [-0.2, -0.15) is 0 Å². The number of aryl methyl sites for hydroxylation is 1. The molecule has 5 N–H and O–H groups in total. The van der Waals surface area contributed by atoms with Crippen molar-refractivity contribution in [3.8, 4) is 0 Å². The average Bonchev–Trinajstić information content (AvgIpc) is 2.30. The first-order valence-corrected chi connectivity index (χ1v) is 5.79. The van der Waals surface area contributed by atoms with E-state index < -0.39 is 11.9 Å². The van der Waals surface area contributed by atoms with E-state index in [2.05, 4.69) is 5.32 Å². The van der Waals surface area contributed by atoms with Crippen molar-refractivity contribution in [2.75, 3.05) is 5.32 Å². The SMILES string of the molecule is Cc1cc(C(N)=O)ccc1NC(=O)[C@H](N)C(C)C. The third-order valence-corrected chi connectivity index (χ3v) is 2.79. The van der Waals surface area contributed by atoms with E-state index in [-0.39, 0.29) is 11.8 Å². The summed E-state index contributed by atoms with van der Waals surface area (Å²) in [5.74, 6) is -0.662. The predicted octanol–water partition coefficient (Wildman–Crippen LogP) is 1.02. The minimum absolute atomic E-state index is 0.0650. The summed E-state index contributed by atoms with van der Waals surface area (Å²) in [5, 5.41) is 2.74. The molecule has 0 spiro atoms. The number of carbonyl (C=O) groups is 2. The Bertz CT molecular complexity index is 469. The van der Waals surface area contributed by atoms with Crippen LogP contribution < -0.4 is 16.8 Å². The number of nitrogens with one attached hydrogen (secondary N) is 1. The van der Waals surface area contributed by atoms with Crippen molar-refractivity contribution in [3.05, 3.63) is 29.3 Å². The molecule has 5 heteroatoms. The highest BCUT2D eigenvalue weighted by atomic mass is 16.2. The fourth-order valence-electron chi connectivity index (χ4n) is 1.48. The molecule has 1 aromatic carbocycles. The smallest absolute Gasteiger partial charge is 0.248 e. The van der Waals surface area contributed by atoms with Crippen molar-refractivity contribution in [2.24, 2.45) is 17.4 Å². The Balaban J connectivity index is 2.86. The number of rotatable bonds is 4. The van der Waals surface area contributed by atoms with Crippen LogP contribution in [-0.4, -0.2) is 17.9 Å². The Morgan fingerprint density at radius 1 is 1.28 bits per heavy atom. The summed E-state index contributed by atoms with van der Waals surface area (Å²) in [6.45, 7) is 5.56. The molecular formula is C13H19N3O2. The number of carbonyl (C=O) groups excluding carboxylic acids is 2. The van der Waals surface area contributed by atoms with Crippen LogP contribution in [0.25, 0.3) is 0 Å². The van der Waals surface area contributed by atoms with Crippen LogP contribution in [0.1, 0.15) is 29.8 Å². The summed E-state index contributed by atoms with van der Waals surface area (Å²) in [4.78, 5) is 22.8. The van der Waals surface area contributed by atoms with Crippen LogP contribution in [0.3, 0.4) is 0 Å². The van der Waals surface area contributed by atoms with E-state index in [1.165, 1.54) is 0 Å². The fraction of sp³-hybridized carbons (Fsp3) is 0.385. The Morgan fingerprint density at radius 2 is 1.89 bits per heavy atom. The molecule has 0 saturated carbocycles. The topological polar surface area (TPSA) is 98.2 Å². The van der Waals surface area contributed by atoms with Gasteiger partial charge in [0, 0.05) is 11.3 Å². The van der Waals surface area contributed by atoms with E-state index in [1.54, 1.807) is 25.1 Å². The first-order valence-electron chi connectivity index (χ1n) is 5.79. The highest BCUT2D eigenvalue weighted by Gasteiger charge is 2.17. The summed E-state index contributed by atoms with van der Waals surface area (Å²) in [7, 11) is 0. The molecule has 98 valence electrons. The van der Waals surface area contributed by atoms with Crippen LogP contribution in [0, 0.1) is 12.8 Å². The number of hydrogen-bond donors (Lipinski definition) is 3. The van der Waals surface area contributed by atoms with Gasteiger partial charge in [-0.15, -0.1) is 0 Å². The average molecular weight is 249 g/mol. The molecule has 0 aliphatic carbocycles. The molecule has 5 nitrogen and oxygen atoms in total. The number of anilines is 1. The van der Waals surface area contributed by atoms with Crippen molar-refractivity contribution in [1.29, 1.82) is 0 Å². The standard InChI is InChI=1S/C13H19N3O2/c1-7(2)11(14)13(18)16-10-5-4-9(12(15)17)6-8(10)3/h4-7,11H,14H2,1-3H3,(H2,15,17)(H,16,18)/t11-/m1/s1. The summed E-state index contributed by atoms with van der Waals surface area (Å²) < 4.78 is 0. The molecule has 1 rings (SSSR count). The summed E-state index contributed by atoms with van der Waals surface area (Å²) in [6.07, 6.45) is 0. The molecule has 0 aromatic heterocycles. The normalized spacial score (nSPS) is 12.3. The molecule has 2 amide bonds. The van der Waals surface area contributed by atoms with E-state index in [4.69, 9.17) is 11.5 Å². The van der Waals surface area contributed by atoms with Gasteiger partial charge in [0.1, 0.15) is 0 Å². The Kier molecular flexibility index (Phi) is 4.44. The van der Waals surface area contributed by atoms with Crippen molar-refractivity contribution in [2.45, 2.75) is 26.8 Å². The van der Waals surface area contributed by atoms with Crippen LogP contribution in [0.15, 0.2) is 18.2 Å². The minimum Gasteiger partial charge on any atom is -0.366 e. The van der Waals surface area contributed by atoms with Gasteiger partial charge in [-0.05, 0) is 36.6 Å². The van der Waals surface area contributed by atoms with Crippen molar-refractivity contribution in [1.82, 2.24) is 0 Å². The number of amides is 2. The molecule has 0 fully saturated rings. The second kappa shape index (κ2) is 5.64. The van der Waals surface area contributed by atoms with Gasteiger partial charge in [0.15, 0.2) is 0 Å². The van der Waals surface area contributed by atoms with Crippen LogP contribution in [0.4, 0.5) is 5.69 Å². The van der Waals surface area contributed by atoms with E-state index in [1.807, 2.05) is 13.8 Å². The van der Waals surface area contributed by atoms with Gasteiger partial charge in [0.25, 0.3) is 0 Å². The number of nitrogens with two attached hydrogens (primary N) is 2. The number of hydrogen-bond acceptors (Lipinski definition) is 3. The van der Waals surface area contributed by atoms with Crippen molar-refractivity contribution in [3.63, 3.8) is 0 Å². The lowest BCUT2D eigenvalue weighted by atomic mass is 10.0. The lowest BCUT2D eigenvalue weighted by Gasteiger charge is -2.16. The van der Waals surface area contributed by atoms with E-state index >= 15 is 0 Å². The zero-order valence-electron chi connectivity index (χ0n) is 10.9. The second-order valence-electron chi connectivity index (χ2n) is 4.65. The zero-order valence-corrected chi connectivity index (χ0v) is 10.9. The molecule has 0 bridgehead atoms. The van der Waals surface area contributed by atoms with Gasteiger partial charge < -0.3 is 16.8 Å².